The number of carbonyl (C=O) groups excluding carboxylic acids is 2. The van der Waals surface area contributed by atoms with Crippen LogP contribution in [-0.4, -0.2) is 32.0 Å². The van der Waals surface area contributed by atoms with Crippen LogP contribution in [0.1, 0.15) is 28.3 Å². The Morgan fingerprint density at radius 2 is 1.80 bits per heavy atom. The zero-order valence-corrected chi connectivity index (χ0v) is 20.3. The highest BCUT2D eigenvalue weighted by atomic mass is 32.2. The third kappa shape index (κ3) is 4.60. The number of Topliss-reactive ketones (excluding diaryl/α,β-unsaturated/α-hetero) is 1. The van der Waals surface area contributed by atoms with Crippen molar-refractivity contribution < 1.29 is 14.7 Å². The van der Waals surface area contributed by atoms with Crippen LogP contribution in [0.25, 0.3) is 5.76 Å². The molecule has 4 aromatic rings. The molecule has 1 saturated heterocycles. The van der Waals surface area contributed by atoms with Gasteiger partial charge >= 0.3 is 5.91 Å². The highest BCUT2D eigenvalue weighted by Gasteiger charge is 2.48. The Balaban J connectivity index is 1.51. The number of amides is 1. The van der Waals surface area contributed by atoms with E-state index in [1.807, 2.05) is 13.0 Å². The Labute approximate surface area is 210 Å². The number of hydrogen-bond acceptors (Lipinski definition) is 8. The Kier molecular flexibility index (Phi) is 6.43. The van der Waals surface area contributed by atoms with E-state index in [9.17, 15) is 14.7 Å². The molecule has 5 rings (SSSR count). The van der Waals surface area contributed by atoms with E-state index in [0.29, 0.717) is 26.4 Å². The molecule has 7 nitrogen and oxygen atoms in total. The van der Waals surface area contributed by atoms with Crippen molar-refractivity contribution in [3.63, 3.8) is 0 Å². The number of aliphatic hydroxyl groups excluding tert-OH is 1. The molecule has 0 radical (unpaired) electrons. The Bertz CT molecular complexity index is 1400. The minimum atomic E-state index is -0.869. The Hall–Kier alpha value is -3.82. The average Bonchev–Trinajstić information content (AvgIpc) is 3.46. The number of aryl methyl sites for hydroxylation is 1. The zero-order valence-electron chi connectivity index (χ0n) is 18.7. The second-order valence-corrected chi connectivity index (χ2v) is 10.1. The number of benzene rings is 2. The van der Waals surface area contributed by atoms with Gasteiger partial charge in [0.05, 0.1) is 11.6 Å². The summed E-state index contributed by atoms with van der Waals surface area (Å²) >= 11 is 2.75. The molecule has 1 aliphatic heterocycles. The minimum Gasteiger partial charge on any atom is -0.507 e. The van der Waals surface area contributed by atoms with Crippen LogP contribution < -0.4 is 4.90 Å². The SMILES string of the molecule is Cc1ccc(CSc2nnc(N3C(=O)C(=O)/C(=C(/O)c4ccccc4)[C@H]3c3cccnc3)s2)cc1. The van der Waals surface area contributed by atoms with Gasteiger partial charge < -0.3 is 5.11 Å². The van der Waals surface area contributed by atoms with E-state index in [4.69, 9.17) is 0 Å². The van der Waals surface area contributed by atoms with Gasteiger partial charge in [-0.05, 0) is 24.1 Å². The summed E-state index contributed by atoms with van der Waals surface area (Å²) in [6.07, 6.45) is 3.19. The van der Waals surface area contributed by atoms with Crippen molar-refractivity contribution in [2.75, 3.05) is 4.90 Å². The lowest BCUT2D eigenvalue weighted by atomic mass is 9.96. The molecule has 0 aliphatic carbocycles. The molecule has 2 aromatic carbocycles. The van der Waals surface area contributed by atoms with E-state index in [0.717, 1.165) is 5.56 Å². The topological polar surface area (TPSA) is 96.3 Å². The van der Waals surface area contributed by atoms with Gasteiger partial charge in [-0.15, -0.1) is 10.2 Å². The van der Waals surface area contributed by atoms with E-state index in [1.54, 1.807) is 48.8 Å². The van der Waals surface area contributed by atoms with Gasteiger partial charge in [0.1, 0.15) is 5.76 Å². The molecule has 2 aromatic heterocycles. The molecule has 9 heteroatoms. The number of anilines is 1. The maximum Gasteiger partial charge on any atom is 0.301 e. The van der Waals surface area contributed by atoms with Crippen LogP contribution in [0.3, 0.4) is 0 Å². The van der Waals surface area contributed by atoms with Crippen molar-refractivity contribution in [3.05, 3.63) is 107 Å². The Morgan fingerprint density at radius 3 is 2.51 bits per heavy atom. The molecule has 1 aliphatic rings. The van der Waals surface area contributed by atoms with E-state index in [-0.39, 0.29) is 11.3 Å². The molecule has 174 valence electrons. The third-order valence-corrected chi connectivity index (χ3v) is 7.70. The van der Waals surface area contributed by atoms with Gasteiger partial charge in [0, 0.05) is 23.7 Å². The lowest BCUT2D eigenvalue weighted by molar-refractivity contribution is -0.132. The lowest BCUT2D eigenvalue weighted by Crippen LogP contribution is -2.29. The molecule has 1 atom stereocenters. The molecule has 0 bridgehead atoms. The second-order valence-electron chi connectivity index (χ2n) is 7.95. The number of aliphatic hydroxyl groups is 1. The van der Waals surface area contributed by atoms with Crippen LogP contribution in [0.15, 0.2) is 89.0 Å². The summed E-state index contributed by atoms with van der Waals surface area (Å²) in [4.78, 5) is 31.8. The van der Waals surface area contributed by atoms with Crippen molar-refractivity contribution in [2.24, 2.45) is 0 Å². The number of nitrogens with zero attached hydrogens (tertiary/aromatic N) is 4. The largest absolute Gasteiger partial charge is 0.507 e. The molecule has 35 heavy (non-hydrogen) atoms. The van der Waals surface area contributed by atoms with Crippen molar-refractivity contribution in [1.29, 1.82) is 0 Å². The minimum absolute atomic E-state index is 0.00161. The van der Waals surface area contributed by atoms with Gasteiger partial charge in [-0.25, -0.2) is 0 Å². The van der Waals surface area contributed by atoms with Gasteiger partial charge in [0.15, 0.2) is 4.34 Å². The van der Waals surface area contributed by atoms with Crippen LogP contribution in [0.5, 0.6) is 0 Å². The highest BCUT2D eigenvalue weighted by molar-refractivity contribution is 8.00. The fourth-order valence-corrected chi connectivity index (χ4v) is 5.65. The van der Waals surface area contributed by atoms with Gasteiger partial charge in [0.2, 0.25) is 5.13 Å². The van der Waals surface area contributed by atoms with E-state index in [1.165, 1.54) is 33.6 Å². The van der Waals surface area contributed by atoms with Gasteiger partial charge in [-0.2, -0.15) is 0 Å². The van der Waals surface area contributed by atoms with Gasteiger partial charge in [-0.3, -0.25) is 19.5 Å². The standard InChI is InChI=1S/C26H20N4O3S2/c1-16-9-11-17(12-10-16)15-34-26-29-28-25(35-26)30-21(19-8-5-13-27-14-19)20(23(32)24(30)33)22(31)18-6-3-2-4-7-18/h2-14,21,31H,15H2,1H3/b22-20+/t21-/m1/s1. The van der Waals surface area contributed by atoms with Gasteiger partial charge in [0.25, 0.3) is 5.78 Å². The summed E-state index contributed by atoms with van der Waals surface area (Å²) < 4.78 is 0.676. The number of ketones is 1. The number of hydrogen-bond donors (Lipinski definition) is 1. The van der Waals surface area contributed by atoms with Crippen LogP contribution in [0.2, 0.25) is 0 Å². The normalized spacial score (nSPS) is 17.2. The summed E-state index contributed by atoms with van der Waals surface area (Å²) in [7, 11) is 0. The van der Waals surface area contributed by atoms with Crippen LogP contribution in [0, 0.1) is 6.92 Å². The lowest BCUT2D eigenvalue weighted by Gasteiger charge is -2.22. The summed E-state index contributed by atoms with van der Waals surface area (Å²) in [5, 5.41) is 19.8. The number of rotatable bonds is 6. The van der Waals surface area contributed by atoms with Crippen molar-refractivity contribution >= 4 is 45.7 Å². The van der Waals surface area contributed by atoms with Crippen molar-refractivity contribution in [1.82, 2.24) is 15.2 Å². The molecule has 0 saturated carbocycles. The second kappa shape index (κ2) is 9.81. The summed E-state index contributed by atoms with van der Waals surface area (Å²) in [6, 6.07) is 19.6. The Morgan fingerprint density at radius 1 is 1.03 bits per heavy atom. The molecular weight excluding hydrogens is 480 g/mol. The van der Waals surface area contributed by atoms with Crippen LogP contribution >= 0.6 is 23.1 Å². The quantitative estimate of drug-likeness (QED) is 0.128. The summed E-state index contributed by atoms with van der Waals surface area (Å²) in [5.74, 6) is -1.07. The maximum absolute atomic E-state index is 13.2. The van der Waals surface area contributed by atoms with Crippen LogP contribution in [0.4, 0.5) is 5.13 Å². The van der Waals surface area contributed by atoms with Gasteiger partial charge in [-0.1, -0.05) is 89.3 Å². The third-order valence-electron chi connectivity index (χ3n) is 5.58. The van der Waals surface area contributed by atoms with Crippen molar-refractivity contribution in [2.45, 2.75) is 23.1 Å². The smallest absolute Gasteiger partial charge is 0.301 e. The van der Waals surface area contributed by atoms with E-state index >= 15 is 0 Å². The summed E-state index contributed by atoms with van der Waals surface area (Å²) in [5.41, 5.74) is 3.38. The number of aromatic nitrogens is 3. The molecule has 1 amide bonds. The number of pyridine rings is 1. The molecular formula is C26H20N4O3S2. The molecule has 1 fully saturated rings. The first kappa shape index (κ1) is 22.9. The molecule has 3 heterocycles. The predicted octanol–water partition coefficient (Wildman–Crippen LogP) is 5.16. The first-order chi connectivity index (χ1) is 17.0. The fraction of sp³-hybridized carbons (Fsp3) is 0.115. The van der Waals surface area contributed by atoms with Crippen LogP contribution in [-0.2, 0) is 15.3 Å². The monoisotopic (exact) mass is 500 g/mol. The highest BCUT2D eigenvalue weighted by Crippen LogP contribution is 2.43. The number of carbonyl (C=O) groups is 2. The van der Waals surface area contributed by atoms with E-state index < -0.39 is 17.7 Å². The summed E-state index contributed by atoms with van der Waals surface area (Å²) in [6.45, 7) is 2.04. The first-order valence-electron chi connectivity index (χ1n) is 10.8. The molecule has 1 N–H and O–H groups in total. The van der Waals surface area contributed by atoms with Crippen molar-refractivity contribution in [3.8, 4) is 0 Å². The number of thioether (sulfide) groups is 1. The molecule has 0 unspecified atom stereocenters. The predicted molar refractivity (Wildman–Crippen MR) is 136 cm³/mol. The molecule has 0 spiro atoms. The zero-order chi connectivity index (χ0) is 24.4. The maximum atomic E-state index is 13.2. The van der Waals surface area contributed by atoms with E-state index in [2.05, 4.69) is 39.4 Å². The first-order valence-corrected chi connectivity index (χ1v) is 12.6. The average molecular weight is 501 g/mol. The fourth-order valence-electron chi connectivity index (χ4n) is 3.82.